The Morgan fingerprint density at radius 1 is 0.667 bits per heavy atom. The van der Waals surface area contributed by atoms with Crippen molar-refractivity contribution in [2.75, 3.05) is 0 Å². The Morgan fingerprint density at radius 2 is 0.667 bits per heavy atom. The van der Waals surface area contributed by atoms with Gasteiger partial charge in [0, 0.05) is 18.6 Å². The van der Waals surface area contributed by atoms with Crippen LogP contribution in [-0.2, 0) is 57.4 Å². The van der Waals surface area contributed by atoms with Crippen molar-refractivity contribution >= 4 is 0 Å². The molecule has 0 N–H and O–H groups in total. The van der Waals surface area contributed by atoms with Crippen molar-refractivity contribution in [2.45, 2.75) is 7.43 Å². The topological polar surface area (TPSA) is 85.5 Å². The van der Waals surface area contributed by atoms with Crippen LogP contribution in [0.2, 0.25) is 0 Å². The molecule has 3 nitrogen and oxygen atoms in total. The number of hydrogen-bond donors (Lipinski definition) is 0. The minimum atomic E-state index is 0. The van der Waals surface area contributed by atoms with Crippen LogP contribution in [0, 0.1) is 0 Å². The maximum atomic E-state index is 0. The van der Waals surface area contributed by atoms with Gasteiger partial charge in [-0.1, -0.05) is 7.43 Å². The molecule has 0 aliphatic heterocycles. The van der Waals surface area contributed by atoms with Gasteiger partial charge in [-0.05, 0) is 0 Å². The third-order valence-corrected chi connectivity index (χ3v) is 0. The summed E-state index contributed by atoms with van der Waals surface area (Å²) in [5, 5.41) is 0. The second-order valence-electron chi connectivity index (χ2n) is 0. The van der Waals surface area contributed by atoms with E-state index in [-0.39, 0.29) is 64.8 Å². The Bertz CT molecular complexity index is 10.8. The summed E-state index contributed by atoms with van der Waals surface area (Å²) in [5.74, 6) is 0. The Hall–Kier alpha value is 1.20. The molecule has 0 bridgehead atoms. The smallest absolute Gasteiger partial charge is 1.00 e. The van der Waals surface area contributed by atoms with Gasteiger partial charge in [0.15, 0.2) is 0 Å². The van der Waals surface area contributed by atoms with Crippen LogP contribution in [0.1, 0.15) is 7.43 Å². The van der Waals surface area contributed by atoms with Crippen LogP contribution in [0.15, 0.2) is 0 Å². The molecule has 0 spiro atoms. The van der Waals surface area contributed by atoms with E-state index in [1.807, 2.05) is 0 Å². The van der Waals surface area contributed by atoms with Crippen LogP contribution in [0.3, 0.4) is 0 Å². The Labute approximate surface area is 64.8 Å². The third kappa shape index (κ3) is 63.4. The standard InChI is InChI=1S/CH4.Ag.3O.V/h1H4;;;;;/q;+1;3*-2;. The third-order valence-electron chi connectivity index (χ3n) is 0. The van der Waals surface area contributed by atoms with Crippen LogP contribution in [0.25, 0.3) is 0 Å². The van der Waals surface area contributed by atoms with Gasteiger partial charge in [0.1, 0.15) is 0 Å². The molecule has 0 fully saturated rings. The molecule has 5 heteroatoms. The first-order valence-electron chi connectivity index (χ1n) is 0. The fourth-order valence-corrected chi connectivity index (χ4v) is 0. The second-order valence-corrected chi connectivity index (χ2v) is 0. The molecule has 6 heavy (non-hydrogen) atoms. The van der Waals surface area contributed by atoms with Crippen LogP contribution < -0.4 is 0 Å². The summed E-state index contributed by atoms with van der Waals surface area (Å²) in [7, 11) is 0. The van der Waals surface area contributed by atoms with Gasteiger partial charge in [-0.2, -0.15) is 0 Å². The SMILES string of the molecule is C.[Ag+].[O-2].[O-2].[O-2].[V]. The van der Waals surface area contributed by atoms with Gasteiger partial charge in [0.05, 0.1) is 0 Å². The zero-order valence-electron chi connectivity index (χ0n) is 1.97. The molecule has 47 valence electrons. The fourth-order valence-electron chi connectivity index (χ4n) is 0. The van der Waals surface area contributed by atoms with E-state index >= 15 is 0 Å². The summed E-state index contributed by atoms with van der Waals surface area (Å²) in [4.78, 5) is 0. The van der Waals surface area contributed by atoms with Gasteiger partial charge in [-0.3, -0.25) is 0 Å². The molecule has 0 heterocycles. The first-order chi connectivity index (χ1) is 0. The zero-order chi connectivity index (χ0) is 0. The number of hydrogen-bond acceptors (Lipinski definition) is 0. The Morgan fingerprint density at radius 3 is 0.667 bits per heavy atom. The van der Waals surface area contributed by atoms with Gasteiger partial charge in [-0.25, -0.2) is 0 Å². The van der Waals surface area contributed by atoms with Crippen LogP contribution in [-0.4, -0.2) is 0 Å². The van der Waals surface area contributed by atoms with Crippen molar-refractivity contribution in [1.82, 2.24) is 0 Å². The first kappa shape index (κ1) is 191. The minimum Gasteiger partial charge on any atom is -2.00 e. The maximum Gasteiger partial charge on any atom is 1.00 e. The molecule has 0 aromatic carbocycles. The molecular weight excluding hydrogens is 219 g/mol. The molecule has 0 aliphatic rings. The fraction of sp³-hybridized carbons (Fsp3) is 1.00. The molecule has 0 saturated heterocycles. The van der Waals surface area contributed by atoms with Crippen LogP contribution >= 0.6 is 0 Å². The molecule has 0 atom stereocenters. The number of rotatable bonds is 0. The largest absolute Gasteiger partial charge is 2.00 e. The van der Waals surface area contributed by atoms with E-state index in [9.17, 15) is 0 Å². The molecular formula is CH4AgO3V-5. The Balaban J connectivity index is 0. The maximum absolute atomic E-state index is 0. The average molecular weight is 223 g/mol. The monoisotopic (exact) mass is 222 g/mol. The molecule has 1 radical (unpaired) electrons. The van der Waals surface area contributed by atoms with Crippen molar-refractivity contribution in [3.63, 3.8) is 0 Å². The molecule has 0 aromatic heterocycles. The van der Waals surface area contributed by atoms with E-state index in [4.69, 9.17) is 0 Å². The second kappa shape index (κ2) is 116. The van der Waals surface area contributed by atoms with Crippen molar-refractivity contribution in [1.29, 1.82) is 0 Å². The van der Waals surface area contributed by atoms with Crippen molar-refractivity contribution in [2.24, 2.45) is 0 Å². The molecule has 0 saturated carbocycles. The predicted octanol–water partition coefficient (Wildman–Crippen LogP) is 0.275. The summed E-state index contributed by atoms with van der Waals surface area (Å²) >= 11 is 0. The van der Waals surface area contributed by atoms with E-state index < -0.39 is 0 Å². The van der Waals surface area contributed by atoms with E-state index in [1.165, 1.54) is 0 Å². The van der Waals surface area contributed by atoms with Crippen molar-refractivity contribution < 1.29 is 57.4 Å². The molecule has 0 unspecified atom stereocenters. The van der Waals surface area contributed by atoms with E-state index in [1.54, 1.807) is 0 Å². The zero-order valence-corrected chi connectivity index (χ0v) is 4.85. The summed E-state index contributed by atoms with van der Waals surface area (Å²) in [5.41, 5.74) is 0. The summed E-state index contributed by atoms with van der Waals surface area (Å²) in [6, 6.07) is 0. The molecule has 0 aromatic rings. The van der Waals surface area contributed by atoms with E-state index in [2.05, 4.69) is 0 Å². The normalized spacial score (nSPS) is 0. The van der Waals surface area contributed by atoms with Crippen molar-refractivity contribution in [3.8, 4) is 0 Å². The van der Waals surface area contributed by atoms with Gasteiger partial charge in [0.25, 0.3) is 0 Å². The van der Waals surface area contributed by atoms with Crippen LogP contribution in [0.5, 0.6) is 0 Å². The van der Waals surface area contributed by atoms with Crippen molar-refractivity contribution in [3.05, 3.63) is 0 Å². The predicted molar refractivity (Wildman–Crippen MR) is 8.79 cm³/mol. The summed E-state index contributed by atoms with van der Waals surface area (Å²) in [6.07, 6.45) is 0. The molecule has 0 rings (SSSR count). The van der Waals surface area contributed by atoms with Crippen LogP contribution in [0.4, 0.5) is 0 Å². The minimum absolute atomic E-state index is 0. The summed E-state index contributed by atoms with van der Waals surface area (Å²) < 4.78 is 0. The van der Waals surface area contributed by atoms with Gasteiger partial charge in [0.2, 0.25) is 0 Å². The van der Waals surface area contributed by atoms with E-state index in [0.29, 0.717) is 0 Å². The first-order valence-corrected chi connectivity index (χ1v) is 0. The van der Waals surface area contributed by atoms with Gasteiger partial charge in [-0.15, -0.1) is 0 Å². The molecule has 0 amide bonds. The molecule has 0 aliphatic carbocycles. The van der Waals surface area contributed by atoms with Gasteiger partial charge >= 0.3 is 22.4 Å². The van der Waals surface area contributed by atoms with Gasteiger partial charge < -0.3 is 16.4 Å². The Kier molecular flexibility index (Phi) is 3690. The van der Waals surface area contributed by atoms with E-state index in [0.717, 1.165) is 0 Å². The summed E-state index contributed by atoms with van der Waals surface area (Å²) in [6.45, 7) is 0. The quantitative estimate of drug-likeness (QED) is 0.528. The average Bonchev–Trinajstić information content (AvgIpc) is 0.